The van der Waals surface area contributed by atoms with Crippen molar-refractivity contribution >= 4 is 11.7 Å². The summed E-state index contributed by atoms with van der Waals surface area (Å²) in [5.74, 6) is -0.0716. The van der Waals surface area contributed by atoms with Gasteiger partial charge in [-0.1, -0.05) is 23.8 Å². The van der Waals surface area contributed by atoms with Gasteiger partial charge >= 0.3 is 5.97 Å². The fourth-order valence-corrected chi connectivity index (χ4v) is 3.73. The van der Waals surface area contributed by atoms with Gasteiger partial charge in [-0.3, -0.25) is 4.79 Å². The first-order valence-corrected chi connectivity index (χ1v) is 8.46. The fraction of sp³-hybridized carbons (Fsp3) is 0.450. The van der Waals surface area contributed by atoms with Crippen molar-refractivity contribution in [2.45, 2.75) is 39.5 Å². The highest BCUT2D eigenvalue weighted by Crippen LogP contribution is 2.34. The van der Waals surface area contributed by atoms with Crippen LogP contribution in [0.15, 0.2) is 41.5 Å². The predicted molar refractivity (Wildman–Crippen MR) is 93.9 cm³/mol. The number of anilines is 1. The number of hydrogen-bond acceptors (Lipinski definition) is 2. The molecular formula is C20H25NO2. The Morgan fingerprint density at radius 1 is 1.26 bits per heavy atom. The maximum Gasteiger partial charge on any atom is 0.303 e. The number of nitrogens with zero attached hydrogens (tertiary/aromatic N) is 1. The Bertz CT molecular complexity index is 652. The van der Waals surface area contributed by atoms with Gasteiger partial charge in [-0.25, -0.2) is 0 Å². The number of carboxylic acid groups (broad SMARTS) is 1. The van der Waals surface area contributed by atoms with E-state index in [1.165, 1.54) is 34.4 Å². The zero-order valence-electron chi connectivity index (χ0n) is 14.0. The third-order valence-corrected chi connectivity index (χ3v) is 4.88. The van der Waals surface area contributed by atoms with Crippen LogP contribution in [0.1, 0.15) is 36.8 Å². The maximum atomic E-state index is 10.8. The first-order valence-electron chi connectivity index (χ1n) is 8.46. The standard InChI is InChI=1S/C20H25NO2/c1-14-9-15(2)11-19(10-14)21-8-7-17-5-3-16(4-6-20(22)23)12-18(17)13-21/h3,9-12,17H,4-8,13H2,1-2H3,(H,22,23). The molecule has 23 heavy (non-hydrogen) atoms. The molecule has 1 atom stereocenters. The Labute approximate surface area is 138 Å². The van der Waals surface area contributed by atoms with Crippen molar-refractivity contribution in [3.8, 4) is 0 Å². The Kier molecular flexibility index (Phi) is 4.56. The van der Waals surface area contributed by atoms with Crippen molar-refractivity contribution < 1.29 is 9.90 Å². The van der Waals surface area contributed by atoms with Gasteiger partial charge in [0.2, 0.25) is 0 Å². The number of hydrogen-bond donors (Lipinski definition) is 1. The summed E-state index contributed by atoms with van der Waals surface area (Å²) in [4.78, 5) is 13.2. The van der Waals surface area contributed by atoms with E-state index in [1.807, 2.05) is 0 Å². The SMILES string of the molecule is Cc1cc(C)cc(N2CCC3CC=C(CCC(=O)O)C=C3C2)c1. The van der Waals surface area contributed by atoms with Crippen LogP contribution in [0.3, 0.4) is 0 Å². The Morgan fingerprint density at radius 2 is 2.00 bits per heavy atom. The number of benzene rings is 1. The van der Waals surface area contributed by atoms with Gasteiger partial charge in [0.1, 0.15) is 0 Å². The van der Waals surface area contributed by atoms with Gasteiger partial charge in [0.05, 0.1) is 0 Å². The number of carboxylic acids is 1. The van der Waals surface area contributed by atoms with Crippen LogP contribution in [0.5, 0.6) is 0 Å². The zero-order chi connectivity index (χ0) is 16.4. The van der Waals surface area contributed by atoms with Crippen molar-refractivity contribution in [3.63, 3.8) is 0 Å². The molecule has 0 amide bonds. The van der Waals surface area contributed by atoms with Crippen LogP contribution in [-0.2, 0) is 4.79 Å². The lowest BCUT2D eigenvalue weighted by atomic mass is 9.82. The van der Waals surface area contributed by atoms with Gasteiger partial charge in [-0.2, -0.15) is 0 Å². The predicted octanol–water partition coefficient (Wildman–Crippen LogP) is 4.25. The first kappa shape index (κ1) is 15.9. The van der Waals surface area contributed by atoms with Crippen molar-refractivity contribution in [3.05, 3.63) is 52.6 Å². The summed E-state index contributed by atoms with van der Waals surface area (Å²) in [6, 6.07) is 6.73. The number of fused-ring (bicyclic) bond motifs is 1. The molecule has 1 aromatic rings. The van der Waals surface area contributed by atoms with Crippen LogP contribution in [0.2, 0.25) is 0 Å². The number of rotatable bonds is 4. The van der Waals surface area contributed by atoms with E-state index in [0.717, 1.165) is 19.5 Å². The van der Waals surface area contributed by atoms with Gasteiger partial charge in [-0.05, 0) is 67.9 Å². The van der Waals surface area contributed by atoms with Crippen LogP contribution in [0.4, 0.5) is 5.69 Å². The molecule has 1 saturated heterocycles. The molecule has 122 valence electrons. The molecule has 3 heteroatoms. The average Bonchev–Trinajstić information content (AvgIpc) is 2.51. The summed E-state index contributed by atoms with van der Waals surface area (Å²) in [5.41, 5.74) is 6.59. The van der Waals surface area contributed by atoms with Gasteiger partial charge in [0, 0.05) is 25.2 Å². The highest BCUT2D eigenvalue weighted by molar-refractivity contribution is 5.67. The maximum absolute atomic E-state index is 10.8. The van der Waals surface area contributed by atoms with Crippen LogP contribution in [0.25, 0.3) is 0 Å². The first-order chi connectivity index (χ1) is 11.0. The smallest absolute Gasteiger partial charge is 0.303 e. The van der Waals surface area contributed by atoms with Crippen molar-refractivity contribution in [2.24, 2.45) is 5.92 Å². The van der Waals surface area contributed by atoms with Crippen LogP contribution >= 0.6 is 0 Å². The number of aliphatic carboxylic acids is 1. The molecule has 0 spiro atoms. The topological polar surface area (TPSA) is 40.5 Å². The van der Waals surface area contributed by atoms with Crippen LogP contribution in [0, 0.1) is 19.8 Å². The van der Waals surface area contributed by atoms with Crippen molar-refractivity contribution in [1.82, 2.24) is 0 Å². The zero-order valence-corrected chi connectivity index (χ0v) is 14.0. The summed E-state index contributed by atoms with van der Waals surface area (Å²) in [5, 5.41) is 8.86. The van der Waals surface area contributed by atoms with E-state index < -0.39 is 5.97 Å². The van der Waals surface area contributed by atoms with Crippen LogP contribution < -0.4 is 4.90 Å². The van der Waals surface area contributed by atoms with E-state index in [9.17, 15) is 4.79 Å². The summed E-state index contributed by atoms with van der Waals surface area (Å²) in [6.07, 6.45) is 7.62. The summed E-state index contributed by atoms with van der Waals surface area (Å²) in [6.45, 7) is 6.37. The number of carbonyl (C=O) groups is 1. The Hall–Kier alpha value is -2.03. The second-order valence-corrected chi connectivity index (χ2v) is 6.88. The van der Waals surface area contributed by atoms with Gasteiger partial charge in [0.25, 0.3) is 0 Å². The minimum absolute atomic E-state index is 0.223. The molecule has 2 aliphatic rings. The van der Waals surface area contributed by atoms with E-state index in [-0.39, 0.29) is 6.42 Å². The molecule has 1 aromatic carbocycles. The fourth-order valence-electron chi connectivity index (χ4n) is 3.73. The summed E-state index contributed by atoms with van der Waals surface area (Å²) >= 11 is 0. The highest BCUT2D eigenvalue weighted by atomic mass is 16.4. The largest absolute Gasteiger partial charge is 0.481 e. The van der Waals surface area contributed by atoms with Crippen molar-refractivity contribution in [1.29, 1.82) is 0 Å². The molecule has 1 fully saturated rings. The molecule has 1 unspecified atom stereocenters. The van der Waals surface area contributed by atoms with E-state index in [0.29, 0.717) is 12.3 Å². The molecule has 1 aliphatic heterocycles. The van der Waals surface area contributed by atoms with Crippen molar-refractivity contribution in [2.75, 3.05) is 18.0 Å². The molecule has 1 aliphatic carbocycles. The third kappa shape index (κ3) is 3.84. The summed E-state index contributed by atoms with van der Waals surface area (Å²) in [7, 11) is 0. The molecule has 3 rings (SSSR count). The second-order valence-electron chi connectivity index (χ2n) is 6.88. The summed E-state index contributed by atoms with van der Waals surface area (Å²) < 4.78 is 0. The number of aryl methyl sites for hydroxylation is 2. The van der Waals surface area contributed by atoms with Gasteiger partial charge in [-0.15, -0.1) is 0 Å². The number of allylic oxidation sites excluding steroid dienone is 3. The molecule has 0 bridgehead atoms. The van der Waals surface area contributed by atoms with E-state index in [1.54, 1.807) is 0 Å². The number of piperidine rings is 1. The Morgan fingerprint density at radius 3 is 2.70 bits per heavy atom. The van der Waals surface area contributed by atoms with E-state index >= 15 is 0 Å². The minimum Gasteiger partial charge on any atom is -0.481 e. The lowest BCUT2D eigenvalue weighted by Gasteiger charge is -2.37. The molecule has 0 radical (unpaired) electrons. The highest BCUT2D eigenvalue weighted by Gasteiger charge is 2.26. The monoisotopic (exact) mass is 311 g/mol. The third-order valence-electron chi connectivity index (χ3n) is 4.88. The molecule has 0 saturated carbocycles. The van der Waals surface area contributed by atoms with Crippen LogP contribution in [-0.4, -0.2) is 24.2 Å². The minimum atomic E-state index is -0.716. The normalized spacial score (nSPS) is 20.6. The molecule has 1 N–H and O–H groups in total. The Balaban J connectivity index is 1.74. The second kappa shape index (κ2) is 6.61. The average molecular weight is 311 g/mol. The van der Waals surface area contributed by atoms with Gasteiger partial charge < -0.3 is 10.0 Å². The lowest BCUT2D eigenvalue weighted by molar-refractivity contribution is -0.136. The molecular weight excluding hydrogens is 286 g/mol. The lowest BCUT2D eigenvalue weighted by Crippen LogP contribution is -2.36. The van der Waals surface area contributed by atoms with E-state index in [4.69, 9.17) is 5.11 Å². The molecule has 3 nitrogen and oxygen atoms in total. The van der Waals surface area contributed by atoms with Gasteiger partial charge in [0.15, 0.2) is 0 Å². The molecule has 1 heterocycles. The quantitative estimate of drug-likeness (QED) is 0.903. The molecule has 0 aromatic heterocycles. The van der Waals surface area contributed by atoms with E-state index in [2.05, 4.69) is 49.1 Å².